The van der Waals surface area contributed by atoms with Gasteiger partial charge in [-0.3, -0.25) is 0 Å². The Morgan fingerprint density at radius 1 is 1.50 bits per heavy atom. The van der Waals surface area contributed by atoms with Gasteiger partial charge in [0.15, 0.2) is 5.16 Å². The van der Waals surface area contributed by atoms with Gasteiger partial charge >= 0.3 is 0 Å². The van der Waals surface area contributed by atoms with Crippen molar-refractivity contribution in [1.82, 2.24) is 9.97 Å². The average Bonchev–Trinajstić information content (AvgIpc) is 2.73. The van der Waals surface area contributed by atoms with Gasteiger partial charge < -0.3 is 10.7 Å². The van der Waals surface area contributed by atoms with Gasteiger partial charge in [-0.05, 0) is 40.5 Å². The molecule has 0 radical (unpaired) electrons. The van der Waals surface area contributed by atoms with Crippen LogP contribution < -0.4 is 5.73 Å². The van der Waals surface area contributed by atoms with Crippen molar-refractivity contribution < 1.29 is 0 Å². The van der Waals surface area contributed by atoms with Crippen molar-refractivity contribution in [2.24, 2.45) is 5.73 Å². The first-order valence-corrected chi connectivity index (χ1v) is 6.50. The van der Waals surface area contributed by atoms with E-state index in [0.29, 0.717) is 0 Å². The van der Waals surface area contributed by atoms with E-state index in [-0.39, 0.29) is 6.04 Å². The van der Waals surface area contributed by atoms with Crippen LogP contribution in [0.1, 0.15) is 18.5 Å². The number of hydrogen-bond acceptors (Lipinski definition) is 3. The summed E-state index contributed by atoms with van der Waals surface area (Å²) in [6, 6.07) is 6.20. The van der Waals surface area contributed by atoms with Crippen LogP contribution >= 0.6 is 27.7 Å². The molecule has 0 aliphatic rings. The lowest BCUT2D eigenvalue weighted by molar-refractivity contribution is 0.815. The molecule has 0 amide bonds. The van der Waals surface area contributed by atoms with Gasteiger partial charge in [0.05, 0.1) is 0 Å². The Morgan fingerprint density at radius 2 is 2.31 bits per heavy atom. The average molecular weight is 298 g/mol. The third kappa shape index (κ3) is 2.66. The lowest BCUT2D eigenvalue weighted by Gasteiger charge is -2.08. The SMILES string of the molecule is C[C@H](N)c1ccc(Sc2ncc[nH]2)c(Br)c1. The highest BCUT2D eigenvalue weighted by molar-refractivity contribution is 9.10. The second-order valence-corrected chi connectivity index (χ2v) is 5.36. The zero-order valence-corrected chi connectivity index (χ0v) is 11.2. The van der Waals surface area contributed by atoms with Crippen molar-refractivity contribution >= 4 is 27.7 Å². The number of imidazole rings is 1. The van der Waals surface area contributed by atoms with Crippen molar-refractivity contribution in [1.29, 1.82) is 0 Å². The monoisotopic (exact) mass is 297 g/mol. The first-order chi connectivity index (χ1) is 7.66. The minimum atomic E-state index is 0.0546. The number of nitrogens with two attached hydrogens (primary N) is 1. The maximum atomic E-state index is 5.82. The quantitative estimate of drug-likeness (QED) is 0.913. The first-order valence-electron chi connectivity index (χ1n) is 4.89. The number of nitrogens with one attached hydrogen (secondary N) is 1. The zero-order valence-electron chi connectivity index (χ0n) is 8.77. The summed E-state index contributed by atoms with van der Waals surface area (Å²) in [6.45, 7) is 1.97. The molecule has 0 unspecified atom stereocenters. The van der Waals surface area contributed by atoms with E-state index in [1.54, 1.807) is 18.0 Å². The highest BCUT2D eigenvalue weighted by Crippen LogP contribution is 2.32. The summed E-state index contributed by atoms with van der Waals surface area (Å²) >= 11 is 5.13. The first kappa shape index (κ1) is 11.7. The highest BCUT2D eigenvalue weighted by atomic mass is 79.9. The molecule has 2 rings (SSSR count). The number of nitrogens with zero attached hydrogens (tertiary/aromatic N) is 1. The summed E-state index contributed by atoms with van der Waals surface area (Å²) < 4.78 is 1.05. The molecule has 1 aromatic carbocycles. The van der Waals surface area contributed by atoms with E-state index in [9.17, 15) is 0 Å². The van der Waals surface area contributed by atoms with E-state index in [4.69, 9.17) is 5.73 Å². The molecular weight excluding hydrogens is 286 g/mol. The molecule has 0 fully saturated rings. The van der Waals surface area contributed by atoms with Crippen LogP contribution in [0, 0.1) is 0 Å². The van der Waals surface area contributed by atoms with Gasteiger partial charge in [0, 0.05) is 27.8 Å². The van der Waals surface area contributed by atoms with Crippen LogP contribution in [0.5, 0.6) is 0 Å². The largest absolute Gasteiger partial charge is 0.339 e. The van der Waals surface area contributed by atoms with Crippen molar-refractivity contribution in [2.75, 3.05) is 0 Å². The molecule has 0 saturated heterocycles. The smallest absolute Gasteiger partial charge is 0.170 e. The molecule has 1 aromatic heterocycles. The molecule has 0 spiro atoms. The highest BCUT2D eigenvalue weighted by Gasteiger charge is 2.06. The van der Waals surface area contributed by atoms with Gasteiger partial charge in [-0.15, -0.1) is 0 Å². The molecule has 0 aliphatic heterocycles. The van der Waals surface area contributed by atoms with Crippen LogP contribution in [0.4, 0.5) is 0 Å². The van der Waals surface area contributed by atoms with Crippen molar-refractivity contribution in [3.05, 3.63) is 40.6 Å². The molecule has 3 nitrogen and oxygen atoms in total. The van der Waals surface area contributed by atoms with Crippen molar-refractivity contribution in [3.8, 4) is 0 Å². The van der Waals surface area contributed by atoms with Crippen LogP contribution in [0.15, 0.2) is 45.1 Å². The molecule has 16 heavy (non-hydrogen) atoms. The summed E-state index contributed by atoms with van der Waals surface area (Å²) in [4.78, 5) is 8.35. The Morgan fingerprint density at radius 3 is 2.88 bits per heavy atom. The topological polar surface area (TPSA) is 54.7 Å². The van der Waals surface area contributed by atoms with Gasteiger partial charge in [-0.2, -0.15) is 0 Å². The van der Waals surface area contributed by atoms with E-state index in [0.717, 1.165) is 20.1 Å². The lowest BCUT2D eigenvalue weighted by atomic mass is 10.1. The zero-order chi connectivity index (χ0) is 11.5. The maximum absolute atomic E-state index is 5.82. The molecule has 84 valence electrons. The summed E-state index contributed by atoms with van der Waals surface area (Å²) in [7, 11) is 0. The second kappa shape index (κ2) is 5.03. The number of halogens is 1. The third-order valence-corrected chi connectivity index (χ3v) is 4.07. The van der Waals surface area contributed by atoms with E-state index in [1.807, 2.05) is 19.2 Å². The van der Waals surface area contributed by atoms with E-state index in [2.05, 4.69) is 38.0 Å². The Labute approximate surface area is 107 Å². The summed E-state index contributed by atoms with van der Waals surface area (Å²) in [5, 5.41) is 0.884. The minimum Gasteiger partial charge on any atom is -0.339 e. The van der Waals surface area contributed by atoms with Crippen LogP contribution in [-0.4, -0.2) is 9.97 Å². The molecular formula is C11H12BrN3S. The number of H-pyrrole nitrogens is 1. The second-order valence-electron chi connectivity index (χ2n) is 3.47. The Balaban J connectivity index is 2.23. The van der Waals surface area contributed by atoms with Gasteiger partial charge in [0.2, 0.25) is 0 Å². The standard InChI is InChI=1S/C11H12BrN3S/c1-7(13)8-2-3-10(9(12)6-8)16-11-14-4-5-15-11/h2-7H,13H2,1H3,(H,14,15)/t7-/m0/s1. The maximum Gasteiger partial charge on any atom is 0.170 e. The van der Waals surface area contributed by atoms with E-state index < -0.39 is 0 Å². The van der Waals surface area contributed by atoms with Crippen LogP contribution in [0.2, 0.25) is 0 Å². The molecule has 5 heteroatoms. The molecule has 0 aliphatic carbocycles. The summed E-state index contributed by atoms with van der Waals surface area (Å²) in [6.07, 6.45) is 3.55. The molecule has 0 saturated carbocycles. The predicted octanol–water partition coefficient (Wildman–Crippen LogP) is 3.34. The lowest BCUT2D eigenvalue weighted by Crippen LogP contribution is -2.04. The molecule has 0 bridgehead atoms. The fourth-order valence-corrected chi connectivity index (χ4v) is 2.67. The Hall–Kier alpha value is -0.780. The third-order valence-electron chi connectivity index (χ3n) is 2.16. The summed E-state index contributed by atoms with van der Waals surface area (Å²) in [5.41, 5.74) is 6.94. The number of aromatic amines is 1. The number of rotatable bonds is 3. The van der Waals surface area contributed by atoms with E-state index >= 15 is 0 Å². The van der Waals surface area contributed by atoms with Gasteiger partial charge in [0.25, 0.3) is 0 Å². The van der Waals surface area contributed by atoms with Gasteiger partial charge in [0.1, 0.15) is 0 Å². The van der Waals surface area contributed by atoms with Gasteiger partial charge in [-0.1, -0.05) is 17.8 Å². The fraction of sp³-hybridized carbons (Fsp3) is 0.182. The Bertz CT molecular complexity index is 468. The molecule has 1 atom stereocenters. The van der Waals surface area contributed by atoms with Crippen LogP contribution in [0.3, 0.4) is 0 Å². The Kier molecular flexibility index (Phi) is 3.68. The number of benzene rings is 1. The molecule has 2 aromatic rings. The fourth-order valence-electron chi connectivity index (χ4n) is 1.29. The molecule has 3 N–H and O–H groups in total. The van der Waals surface area contributed by atoms with Crippen molar-refractivity contribution in [3.63, 3.8) is 0 Å². The summed E-state index contributed by atoms with van der Waals surface area (Å²) in [5.74, 6) is 0. The minimum absolute atomic E-state index is 0.0546. The predicted molar refractivity (Wildman–Crippen MR) is 69.5 cm³/mol. The van der Waals surface area contributed by atoms with Crippen LogP contribution in [-0.2, 0) is 0 Å². The normalized spacial score (nSPS) is 12.7. The van der Waals surface area contributed by atoms with Crippen molar-refractivity contribution in [2.45, 2.75) is 23.0 Å². The number of aromatic nitrogens is 2. The van der Waals surface area contributed by atoms with Crippen LogP contribution in [0.25, 0.3) is 0 Å². The molecule has 1 heterocycles. The number of hydrogen-bond donors (Lipinski definition) is 2. The van der Waals surface area contributed by atoms with E-state index in [1.165, 1.54) is 0 Å². The van der Waals surface area contributed by atoms with Gasteiger partial charge in [-0.25, -0.2) is 4.98 Å².